The lowest BCUT2D eigenvalue weighted by Gasteiger charge is -2.41. The molecular formula is C61H48N2. The Morgan fingerprint density at radius 2 is 1.22 bits per heavy atom. The van der Waals surface area contributed by atoms with Gasteiger partial charge in [-0.1, -0.05) is 188 Å². The van der Waals surface area contributed by atoms with Gasteiger partial charge in [-0.25, -0.2) is 0 Å². The van der Waals surface area contributed by atoms with Gasteiger partial charge in [0.25, 0.3) is 0 Å². The number of allylic oxidation sites excluding steroid dienone is 11. The SMILES string of the molecule is C1=CC(C2C=CC(N(C3=CC(c4ccc(C5(c6ccccc6)c6ccccc6-n6c7ccccc7c7cccc5c76)cc4)=CCC3)c3ccc(-c4ccccc4)cc3)=CC2)=CCC1. The summed E-state index contributed by atoms with van der Waals surface area (Å²) in [4.78, 5) is 2.51. The second-order valence-electron chi connectivity index (χ2n) is 17.4. The number of hydrogen-bond donors (Lipinski definition) is 0. The number of anilines is 1. The van der Waals surface area contributed by atoms with E-state index in [2.05, 4.69) is 234 Å². The first-order chi connectivity index (χ1) is 31.3. The van der Waals surface area contributed by atoms with E-state index in [1.54, 1.807) is 0 Å². The molecule has 1 aromatic heterocycles. The molecule has 0 saturated carbocycles. The second-order valence-corrected chi connectivity index (χ2v) is 17.4. The van der Waals surface area contributed by atoms with Crippen LogP contribution in [0.2, 0.25) is 0 Å². The molecule has 2 heterocycles. The van der Waals surface area contributed by atoms with E-state index < -0.39 is 5.41 Å². The Balaban J connectivity index is 0.956. The van der Waals surface area contributed by atoms with Crippen molar-refractivity contribution in [3.63, 3.8) is 0 Å². The molecular weight excluding hydrogens is 761 g/mol. The van der Waals surface area contributed by atoms with Gasteiger partial charge in [-0.2, -0.15) is 0 Å². The van der Waals surface area contributed by atoms with Gasteiger partial charge >= 0.3 is 0 Å². The summed E-state index contributed by atoms with van der Waals surface area (Å²) in [5, 5.41) is 2.58. The average molecular weight is 809 g/mol. The Morgan fingerprint density at radius 3 is 2.02 bits per heavy atom. The Bertz CT molecular complexity index is 3230. The molecule has 3 aliphatic carbocycles. The topological polar surface area (TPSA) is 8.17 Å². The van der Waals surface area contributed by atoms with Crippen molar-refractivity contribution < 1.29 is 0 Å². The molecule has 0 bridgehead atoms. The van der Waals surface area contributed by atoms with Crippen molar-refractivity contribution >= 4 is 33.1 Å². The van der Waals surface area contributed by atoms with Crippen molar-refractivity contribution in [2.24, 2.45) is 5.92 Å². The minimum Gasteiger partial charge on any atom is -0.315 e. The molecule has 0 fully saturated rings. The molecule has 1 aliphatic heterocycles. The van der Waals surface area contributed by atoms with Crippen molar-refractivity contribution in [3.05, 3.63) is 269 Å². The van der Waals surface area contributed by atoms with Crippen LogP contribution in [-0.4, -0.2) is 4.57 Å². The summed E-state index contributed by atoms with van der Waals surface area (Å²) in [7, 11) is 0. The van der Waals surface area contributed by atoms with Gasteiger partial charge in [-0.15, -0.1) is 0 Å². The van der Waals surface area contributed by atoms with E-state index >= 15 is 0 Å². The first-order valence-corrected chi connectivity index (χ1v) is 22.7. The highest BCUT2D eigenvalue weighted by Gasteiger charge is 2.45. The Hall–Kier alpha value is -7.42. The lowest BCUT2D eigenvalue weighted by Crippen LogP contribution is -2.35. The lowest BCUT2D eigenvalue weighted by molar-refractivity contribution is 0.727. The van der Waals surface area contributed by atoms with Crippen molar-refractivity contribution in [2.45, 2.75) is 37.5 Å². The summed E-state index contributed by atoms with van der Waals surface area (Å²) >= 11 is 0. The zero-order valence-electron chi connectivity index (χ0n) is 35.4. The number of fused-ring (bicyclic) bond motifs is 5. The molecule has 2 heteroatoms. The first kappa shape index (κ1) is 37.4. The second kappa shape index (κ2) is 15.5. The van der Waals surface area contributed by atoms with Crippen molar-refractivity contribution in [2.75, 3.05) is 4.90 Å². The highest BCUT2D eigenvalue weighted by Crippen LogP contribution is 2.54. The van der Waals surface area contributed by atoms with E-state index in [0.717, 1.165) is 32.1 Å². The van der Waals surface area contributed by atoms with Crippen LogP contribution in [0.1, 0.15) is 59.9 Å². The third kappa shape index (κ3) is 6.15. The molecule has 0 radical (unpaired) electrons. The van der Waals surface area contributed by atoms with E-state index in [9.17, 15) is 0 Å². The van der Waals surface area contributed by atoms with Gasteiger partial charge in [0.1, 0.15) is 0 Å². The number of para-hydroxylation sites is 3. The summed E-state index contributed by atoms with van der Waals surface area (Å²) in [6.07, 6.45) is 24.4. The Kier molecular flexibility index (Phi) is 9.18. The van der Waals surface area contributed by atoms with Gasteiger partial charge in [0.15, 0.2) is 0 Å². The van der Waals surface area contributed by atoms with Crippen molar-refractivity contribution in [1.82, 2.24) is 4.57 Å². The molecule has 8 aromatic rings. The maximum Gasteiger partial charge on any atom is 0.0742 e. The highest BCUT2D eigenvalue weighted by atomic mass is 15.2. The van der Waals surface area contributed by atoms with Gasteiger partial charge in [0.05, 0.1) is 22.1 Å². The molecule has 2 nitrogen and oxygen atoms in total. The van der Waals surface area contributed by atoms with Crippen LogP contribution in [0.5, 0.6) is 0 Å². The average Bonchev–Trinajstić information content (AvgIpc) is 3.71. The zero-order valence-corrected chi connectivity index (χ0v) is 35.4. The van der Waals surface area contributed by atoms with E-state index in [1.807, 2.05) is 0 Å². The predicted octanol–water partition coefficient (Wildman–Crippen LogP) is 15.5. The maximum atomic E-state index is 2.51. The van der Waals surface area contributed by atoms with Crippen LogP contribution in [0.25, 0.3) is 44.2 Å². The number of rotatable bonds is 8. The number of hydrogen-bond acceptors (Lipinski definition) is 1. The van der Waals surface area contributed by atoms with Gasteiger partial charge in [-0.05, 0) is 119 Å². The third-order valence-corrected chi connectivity index (χ3v) is 13.9. The Morgan fingerprint density at radius 1 is 0.524 bits per heavy atom. The smallest absolute Gasteiger partial charge is 0.0742 e. The lowest BCUT2D eigenvalue weighted by atomic mass is 9.63. The van der Waals surface area contributed by atoms with Gasteiger partial charge in [-0.3, -0.25) is 0 Å². The minimum absolute atomic E-state index is 0.424. The van der Waals surface area contributed by atoms with Crippen LogP contribution in [0.15, 0.2) is 241 Å². The molecule has 0 spiro atoms. The first-order valence-electron chi connectivity index (χ1n) is 22.7. The van der Waals surface area contributed by atoms with E-state index in [1.165, 1.54) is 94.7 Å². The molecule has 0 saturated heterocycles. The van der Waals surface area contributed by atoms with Crippen LogP contribution in [0.3, 0.4) is 0 Å². The van der Waals surface area contributed by atoms with E-state index in [0.29, 0.717) is 5.92 Å². The van der Waals surface area contributed by atoms with Gasteiger partial charge < -0.3 is 9.47 Å². The third-order valence-electron chi connectivity index (χ3n) is 13.9. The maximum absolute atomic E-state index is 2.51. The Labute approximate surface area is 370 Å². The minimum atomic E-state index is -0.522. The molecule has 2 atom stereocenters. The van der Waals surface area contributed by atoms with Crippen LogP contribution >= 0.6 is 0 Å². The fourth-order valence-electron chi connectivity index (χ4n) is 11.0. The van der Waals surface area contributed by atoms with Crippen LogP contribution in [0, 0.1) is 5.92 Å². The predicted molar refractivity (Wildman–Crippen MR) is 264 cm³/mol. The normalized spacial score (nSPS) is 19.0. The van der Waals surface area contributed by atoms with E-state index in [-0.39, 0.29) is 0 Å². The van der Waals surface area contributed by atoms with E-state index in [4.69, 9.17) is 0 Å². The largest absolute Gasteiger partial charge is 0.315 e. The van der Waals surface area contributed by atoms with Gasteiger partial charge in [0.2, 0.25) is 0 Å². The summed E-state index contributed by atoms with van der Waals surface area (Å²) in [5.74, 6) is 0.424. The standard InChI is InChI=1S/C61H48N2/c1-4-16-43(17-5-1)45-32-38-51(39-33-45)62(52-40-34-46(35-41-52)44-18-6-2-7-19-44)53-23-14-20-48(42-53)47-30-36-50(37-31-47)61(49-21-8-3-9-22-49)56-26-11-13-29-59(56)63-58-28-12-10-24-54(58)55-25-15-27-57(61)60(55)63/h1,3-6,8-13,15-22,24-34,36-42,46H,2,7,14,23,35H2. The summed E-state index contributed by atoms with van der Waals surface area (Å²) < 4.78 is 2.51. The fraction of sp³-hybridized carbons (Fsp3) is 0.115. The molecule has 7 aromatic carbocycles. The fourth-order valence-corrected chi connectivity index (χ4v) is 11.0. The molecule has 2 unspecified atom stereocenters. The number of nitrogens with zero attached hydrogens (tertiary/aromatic N) is 2. The number of benzene rings is 7. The molecule has 4 aliphatic rings. The summed E-state index contributed by atoms with van der Waals surface area (Å²) in [5.41, 5.74) is 18.6. The quantitative estimate of drug-likeness (QED) is 0.148. The summed E-state index contributed by atoms with van der Waals surface area (Å²) in [6.45, 7) is 0. The van der Waals surface area contributed by atoms with Crippen LogP contribution in [-0.2, 0) is 5.41 Å². The molecule has 63 heavy (non-hydrogen) atoms. The van der Waals surface area contributed by atoms with Crippen molar-refractivity contribution in [3.8, 4) is 16.8 Å². The van der Waals surface area contributed by atoms with Crippen LogP contribution < -0.4 is 4.90 Å². The molecule has 0 N–H and O–H groups in total. The highest BCUT2D eigenvalue weighted by molar-refractivity contribution is 6.12. The monoisotopic (exact) mass is 808 g/mol. The molecule has 302 valence electrons. The molecule has 0 amide bonds. The molecule has 12 rings (SSSR count). The van der Waals surface area contributed by atoms with Crippen molar-refractivity contribution in [1.29, 1.82) is 0 Å². The van der Waals surface area contributed by atoms with Crippen LogP contribution in [0.4, 0.5) is 5.69 Å². The number of aromatic nitrogens is 1. The summed E-state index contributed by atoms with van der Waals surface area (Å²) in [6, 6.07) is 65.4. The van der Waals surface area contributed by atoms with Gasteiger partial charge in [0, 0.05) is 33.8 Å². The zero-order chi connectivity index (χ0) is 41.7.